The lowest BCUT2D eigenvalue weighted by Crippen LogP contribution is -1.96. The first-order valence-electron chi connectivity index (χ1n) is 7.51. The largest absolute Gasteiger partial charge is 0.298 e. The monoisotopic (exact) mass is 368 g/mol. The number of hydrogen-bond acceptors (Lipinski definition) is 2. The Morgan fingerprint density at radius 1 is 1.04 bits per heavy atom. The first-order valence-corrected chi connectivity index (χ1v) is 8.30. The summed E-state index contributed by atoms with van der Waals surface area (Å²) in [5, 5.41) is 4.63. The van der Waals surface area contributed by atoms with Gasteiger partial charge in [-0.3, -0.25) is 4.79 Å². The van der Waals surface area contributed by atoms with E-state index in [1.165, 1.54) is 5.56 Å². The van der Waals surface area contributed by atoms with E-state index in [9.17, 15) is 4.79 Å². The minimum absolute atomic E-state index is 0.475. The topological polar surface area (TPSA) is 34.9 Å². The normalized spacial score (nSPS) is 11.0. The van der Waals surface area contributed by atoms with Crippen molar-refractivity contribution in [1.82, 2.24) is 9.78 Å². The lowest BCUT2D eigenvalue weighted by atomic mass is 10.00. The van der Waals surface area contributed by atoms with Gasteiger partial charge in [0.25, 0.3) is 0 Å². The SMILES string of the molecule is CC(C)c1ccc(-c2nn(-c3ccccc3)c(Br)c2C=O)cc1. The van der Waals surface area contributed by atoms with Crippen LogP contribution in [0.4, 0.5) is 0 Å². The molecule has 23 heavy (non-hydrogen) atoms. The predicted octanol–water partition coefficient (Wildman–Crippen LogP) is 5.24. The maximum Gasteiger partial charge on any atom is 0.155 e. The van der Waals surface area contributed by atoms with E-state index < -0.39 is 0 Å². The van der Waals surface area contributed by atoms with Crippen LogP contribution in [0.15, 0.2) is 59.2 Å². The zero-order chi connectivity index (χ0) is 16.4. The van der Waals surface area contributed by atoms with E-state index in [1.807, 2.05) is 42.5 Å². The van der Waals surface area contributed by atoms with Gasteiger partial charge in [-0.25, -0.2) is 4.68 Å². The van der Waals surface area contributed by atoms with Crippen LogP contribution in [-0.4, -0.2) is 16.1 Å². The van der Waals surface area contributed by atoms with E-state index in [-0.39, 0.29) is 0 Å². The Labute approximate surface area is 144 Å². The molecule has 1 heterocycles. The molecule has 0 saturated heterocycles. The predicted molar refractivity (Wildman–Crippen MR) is 96.2 cm³/mol. The van der Waals surface area contributed by atoms with Crippen LogP contribution in [0.3, 0.4) is 0 Å². The number of para-hydroxylation sites is 1. The van der Waals surface area contributed by atoms with Gasteiger partial charge in [-0.1, -0.05) is 56.3 Å². The number of rotatable bonds is 4. The number of aldehydes is 1. The molecule has 0 spiro atoms. The Morgan fingerprint density at radius 2 is 1.70 bits per heavy atom. The molecule has 0 bridgehead atoms. The third-order valence-corrected chi connectivity index (χ3v) is 4.60. The zero-order valence-corrected chi connectivity index (χ0v) is 14.6. The Hall–Kier alpha value is -2.20. The van der Waals surface area contributed by atoms with Crippen LogP contribution in [-0.2, 0) is 0 Å². The number of halogens is 1. The highest BCUT2D eigenvalue weighted by molar-refractivity contribution is 9.10. The van der Waals surface area contributed by atoms with E-state index in [4.69, 9.17) is 0 Å². The van der Waals surface area contributed by atoms with Crippen molar-refractivity contribution >= 4 is 22.2 Å². The highest BCUT2D eigenvalue weighted by atomic mass is 79.9. The van der Waals surface area contributed by atoms with E-state index in [0.29, 0.717) is 21.8 Å². The van der Waals surface area contributed by atoms with Gasteiger partial charge in [-0.15, -0.1) is 0 Å². The number of benzene rings is 2. The number of carbonyl (C=O) groups is 1. The van der Waals surface area contributed by atoms with Gasteiger partial charge in [0.15, 0.2) is 6.29 Å². The third-order valence-electron chi connectivity index (χ3n) is 3.83. The van der Waals surface area contributed by atoms with Gasteiger partial charge in [0.2, 0.25) is 0 Å². The van der Waals surface area contributed by atoms with Gasteiger partial charge in [0.05, 0.1) is 11.3 Å². The zero-order valence-electron chi connectivity index (χ0n) is 13.0. The third kappa shape index (κ3) is 2.99. The second kappa shape index (κ2) is 6.50. The van der Waals surface area contributed by atoms with Crippen molar-refractivity contribution in [2.24, 2.45) is 0 Å². The summed E-state index contributed by atoms with van der Waals surface area (Å²) in [7, 11) is 0. The average molecular weight is 369 g/mol. The Kier molecular flexibility index (Phi) is 4.44. The van der Waals surface area contributed by atoms with Crippen LogP contribution >= 0.6 is 15.9 Å². The molecular formula is C19H17BrN2O. The second-order valence-corrected chi connectivity index (χ2v) is 6.45. The molecule has 0 atom stereocenters. The van der Waals surface area contributed by atoms with E-state index in [0.717, 1.165) is 17.5 Å². The van der Waals surface area contributed by atoms with Gasteiger partial charge < -0.3 is 0 Å². The molecule has 4 heteroatoms. The van der Waals surface area contributed by atoms with Crippen LogP contribution in [0.5, 0.6) is 0 Å². The Bertz CT molecular complexity index is 821. The van der Waals surface area contributed by atoms with E-state index in [1.54, 1.807) is 4.68 Å². The quantitative estimate of drug-likeness (QED) is 0.590. The molecule has 0 radical (unpaired) electrons. The molecule has 0 fully saturated rings. The van der Waals surface area contributed by atoms with Gasteiger partial charge in [-0.2, -0.15) is 5.10 Å². The fourth-order valence-electron chi connectivity index (χ4n) is 2.49. The van der Waals surface area contributed by atoms with Crippen molar-refractivity contribution < 1.29 is 4.79 Å². The second-order valence-electron chi connectivity index (χ2n) is 5.70. The van der Waals surface area contributed by atoms with Gasteiger partial charge in [-0.05, 0) is 39.5 Å². The molecule has 0 aliphatic rings. The first-order chi connectivity index (χ1) is 11.1. The highest BCUT2D eigenvalue weighted by Crippen LogP contribution is 2.30. The molecule has 0 amide bonds. The molecule has 3 rings (SSSR count). The summed E-state index contributed by atoms with van der Waals surface area (Å²) in [6, 6.07) is 18.0. The van der Waals surface area contributed by atoms with Gasteiger partial charge in [0.1, 0.15) is 10.3 Å². The van der Waals surface area contributed by atoms with Crippen LogP contribution in [0.2, 0.25) is 0 Å². The molecule has 1 aromatic heterocycles. The number of nitrogens with zero attached hydrogens (tertiary/aromatic N) is 2. The Morgan fingerprint density at radius 3 is 2.26 bits per heavy atom. The van der Waals surface area contributed by atoms with Crippen LogP contribution in [0, 0.1) is 0 Å². The number of aromatic nitrogens is 2. The van der Waals surface area contributed by atoms with Crippen LogP contribution in [0.25, 0.3) is 16.9 Å². The molecule has 0 N–H and O–H groups in total. The summed E-state index contributed by atoms with van der Waals surface area (Å²) >= 11 is 3.50. The summed E-state index contributed by atoms with van der Waals surface area (Å²) in [5.74, 6) is 0.475. The molecule has 3 nitrogen and oxygen atoms in total. The van der Waals surface area contributed by atoms with E-state index >= 15 is 0 Å². The molecule has 116 valence electrons. The summed E-state index contributed by atoms with van der Waals surface area (Å²) in [4.78, 5) is 11.6. The number of hydrogen-bond donors (Lipinski definition) is 0. The maximum atomic E-state index is 11.6. The number of carbonyl (C=O) groups excluding carboxylic acids is 1. The van der Waals surface area contributed by atoms with Crippen molar-refractivity contribution in [3.8, 4) is 16.9 Å². The molecular weight excluding hydrogens is 352 g/mol. The fraction of sp³-hybridized carbons (Fsp3) is 0.158. The maximum absolute atomic E-state index is 11.6. The standard InChI is InChI=1S/C19H17BrN2O/c1-13(2)14-8-10-15(11-9-14)18-17(12-23)19(20)22(21-18)16-6-4-3-5-7-16/h3-13H,1-2H3. The van der Waals surface area contributed by atoms with E-state index in [2.05, 4.69) is 47.0 Å². The minimum atomic E-state index is 0.475. The first kappa shape index (κ1) is 15.7. The molecule has 0 aliphatic carbocycles. The highest BCUT2D eigenvalue weighted by Gasteiger charge is 2.18. The molecule has 0 unspecified atom stereocenters. The molecule has 2 aromatic carbocycles. The van der Waals surface area contributed by atoms with Gasteiger partial charge >= 0.3 is 0 Å². The minimum Gasteiger partial charge on any atom is -0.298 e. The van der Waals surface area contributed by atoms with Gasteiger partial charge in [0, 0.05) is 5.56 Å². The molecule has 3 aromatic rings. The summed E-state index contributed by atoms with van der Waals surface area (Å²) < 4.78 is 2.41. The lowest BCUT2D eigenvalue weighted by Gasteiger charge is -2.06. The van der Waals surface area contributed by atoms with Crippen molar-refractivity contribution in [2.75, 3.05) is 0 Å². The van der Waals surface area contributed by atoms with Crippen molar-refractivity contribution in [3.63, 3.8) is 0 Å². The van der Waals surface area contributed by atoms with Crippen LogP contribution in [0.1, 0.15) is 35.7 Å². The lowest BCUT2D eigenvalue weighted by molar-refractivity contribution is 0.112. The van der Waals surface area contributed by atoms with Crippen molar-refractivity contribution in [3.05, 3.63) is 70.3 Å². The smallest absolute Gasteiger partial charge is 0.155 e. The summed E-state index contributed by atoms with van der Waals surface area (Å²) in [6.45, 7) is 4.32. The van der Waals surface area contributed by atoms with Crippen molar-refractivity contribution in [1.29, 1.82) is 0 Å². The average Bonchev–Trinajstić information content (AvgIpc) is 2.92. The van der Waals surface area contributed by atoms with Crippen LogP contribution < -0.4 is 0 Å². The Balaban J connectivity index is 2.11. The summed E-state index contributed by atoms with van der Waals surface area (Å²) in [5.41, 5.74) is 4.36. The van der Waals surface area contributed by atoms with Crippen molar-refractivity contribution in [2.45, 2.75) is 19.8 Å². The summed E-state index contributed by atoms with van der Waals surface area (Å²) in [6.07, 6.45) is 0.849. The fourth-order valence-corrected chi connectivity index (χ4v) is 3.06. The molecule has 0 saturated carbocycles. The molecule has 0 aliphatic heterocycles.